The third kappa shape index (κ3) is 101. The van der Waals surface area contributed by atoms with E-state index in [0.717, 1.165) is 19.3 Å². The van der Waals surface area contributed by atoms with Gasteiger partial charge in [0, 0.05) is 0 Å². The van der Waals surface area contributed by atoms with Crippen LogP contribution >= 0.6 is 0 Å². The third-order valence-corrected chi connectivity index (χ3v) is 1.06. The fourth-order valence-corrected chi connectivity index (χ4v) is 0. The first-order valence-electron chi connectivity index (χ1n) is 5.12. The number of rotatable bonds is 3. The van der Waals surface area contributed by atoms with Crippen molar-refractivity contribution in [1.82, 2.24) is 0 Å². The fraction of sp³-hybridized carbons (Fsp3) is 0.750. The summed E-state index contributed by atoms with van der Waals surface area (Å²) in [4.78, 5) is 0. The molecule has 0 spiro atoms. The van der Waals surface area contributed by atoms with Crippen LogP contribution in [0.5, 0.6) is 0 Å². The van der Waals surface area contributed by atoms with Crippen LogP contribution in [0.4, 0.5) is 0 Å². The van der Waals surface area contributed by atoms with E-state index >= 15 is 0 Å². The minimum absolute atomic E-state index is 0. The van der Waals surface area contributed by atoms with Crippen molar-refractivity contribution in [3.63, 3.8) is 0 Å². The Balaban J connectivity index is -0.0000000450. The van der Waals surface area contributed by atoms with Crippen molar-refractivity contribution in [2.75, 3.05) is 0 Å². The Morgan fingerprint density at radius 1 is 0.615 bits per heavy atom. The molecule has 0 aliphatic rings. The van der Waals surface area contributed by atoms with Crippen LogP contribution in [-0.4, -0.2) is 0 Å². The first kappa shape index (κ1) is 23.6. The molecule has 1 radical (unpaired) electrons. The first-order chi connectivity index (χ1) is 5.74. The zero-order valence-corrected chi connectivity index (χ0v) is 12.3. The van der Waals surface area contributed by atoms with Crippen LogP contribution < -0.4 is 0 Å². The van der Waals surface area contributed by atoms with Crippen LogP contribution in [0.1, 0.15) is 59.3 Å². The molecule has 0 aliphatic heterocycles. The predicted molar refractivity (Wildman–Crippen MR) is 60.8 cm³/mol. The molecule has 0 aromatic rings. The molecule has 0 heterocycles. The third-order valence-electron chi connectivity index (χ3n) is 1.06. The van der Waals surface area contributed by atoms with Gasteiger partial charge in [0.05, 0.1) is 0 Å². The summed E-state index contributed by atoms with van der Waals surface area (Å²) in [6, 6.07) is 0. The molecule has 0 fully saturated rings. The summed E-state index contributed by atoms with van der Waals surface area (Å²) in [5, 5.41) is 0. The zero-order chi connectivity index (χ0) is 10.2. The van der Waals surface area contributed by atoms with Gasteiger partial charge in [0.2, 0.25) is 0 Å². The summed E-state index contributed by atoms with van der Waals surface area (Å²) in [6.07, 6.45) is 6.83. The van der Waals surface area contributed by atoms with Crippen molar-refractivity contribution in [3.8, 4) is 0 Å². The Hall–Kier alpha value is 0.883. The van der Waals surface area contributed by atoms with Crippen LogP contribution in [0.3, 0.4) is 0 Å². The summed E-state index contributed by atoms with van der Waals surface area (Å²) in [7, 11) is 0. The van der Waals surface area contributed by atoms with E-state index in [1.807, 2.05) is 0 Å². The van der Waals surface area contributed by atoms with E-state index < -0.39 is 0 Å². The minimum atomic E-state index is 0. The molecule has 0 rings (SSSR count). The van der Waals surface area contributed by atoms with Gasteiger partial charge < -0.3 is 20.8 Å². The Morgan fingerprint density at radius 2 is 0.692 bits per heavy atom. The molecule has 1 heteroatoms. The van der Waals surface area contributed by atoms with Gasteiger partial charge in [0.1, 0.15) is 0 Å². The smallest absolute Gasteiger partial charge is 0.343 e. The molecule has 0 nitrogen and oxygen atoms in total. The van der Waals surface area contributed by atoms with Gasteiger partial charge in [0.25, 0.3) is 0 Å². The molecular weight excluding hydrogens is 235 g/mol. The second-order valence-corrected chi connectivity index (χ2v) is 2.56. The van der Waals surface area contributed by atoms with E-state index in [2.05, 4.69) is 41.5 Å². The summed E-state index contributed by atoms with van der Waals surface area (Å²) in [5.74, 6) is 0. The van der Waals surface area contributed by atoms with Gasteiger partial charge in [0.15, 0.2) is 0 Å². The van der Waals surface area contributed by atoms with Crippen molar-refractivity contribution < 1.29 is 26.2 Å². The SMILES string of the molecule is [CH2-]CCC.[CH2-]CCC.[CH2-]CCC.[Zr+3]. The van der Waals surface area contributed by atoms with Crippen LogP contribution in [-0.2, 0) is 26.2 Å². The standard InChI is InChI=1S/3C4H9.Zr/c3*1-3-4-2;/h3*1,3-4H2,2H3;/q3*-1;+3. The number of hydrogen-bond acceptors (Lipinski definition) is 0. The largest absolute Gasteiger partial charge is 3.00 e. The van der Waals surface area contributed by atoms with Crippen LogP contribution in [0.15, 0.2) is 0 Å². The molecule has 0 unspecified atom stereocenters. The summed E-state index contributed by atoms with van der Waals surface area (Å²) in [5.41, 5.74) is 0. The molecule has 79 valence electrons. The topological polar surface area (TPSA) is 0 Å². The summed E-state index contributed by atoms with van der Waals surface area (Å²) in [6.45, 7) is 17.2. The Labute approximate surface area is 106 Å². The van der Waals surface area contributed by atoms with Crippen molar-refractivity contribution in [2.45, 2.75) is 59.3 Å². The molecule has 0 atom stereocenters. The summed E-state index contributed by atoms with van der Waals surface area (Å²) < 4.78 is 0. The Bertz CT molecular complexity index is 20.6. The molecular formula is C12H27Zr. The average Bonchev–Trinajstić information content (AvgIpc) is 2.18. The second-order valence-electron chi connectivity index (χ2n) is 2.56. The maximum Gasteiger partial charge on any atom is 3.00 e. The molecule has 0 bridgehead atoms. The minimum Gasteiger partial charge on any atom is -0.343 e. The van der Waals surface area contributed by atoms with Gasteiger partial charge in [-0.05, 0) is 0 Å². The number of unbranched alkanes of at least 4 members (excludes halogenated alkanes) is 3. The van der Waals surface area contributed by atoms with Crippen LogP contribution in [0, 0.1) is 20.8 Å². The van der Waals surface area contributed by atoms with Gasteiger partial charge in [-0.1, -0.05) is 40.0 Å². The zero-order valence-electron chi connectivity index (χ0n) is 9.86. The van der Waals surface area contributed by atoms with Gasteiger partial charge in [-0.15, -0.1) is 0 Å². The molecule has 13 heavy (non-hydrogen) atoms. The average molecular weight is 263 g/mol. The fourth-order valence-electron chi connectivity index (χ4n) is 0. The quantitative estimate of drug-likeness (QED) is 0.637. The van der Waals surface area contributed by atoms with Gasteiger partial charge >= 0.3 is 26.2 Å². The molecule has 0 aromatic carbocycles. The monoisotopic (exact) mass is 261 g/mol. The number of hydrogen-bond donors (Lipinski definition) is 0. The molecule has 0 amide bonds. The van der Waals surface area contributed by atoms with Gasteiger partial charge in [-0.2, -0.15) is 19.3 Å². The van der Waals surface area contributed by atoms with Gasteiger partial charge in [-0.3, -0.25) is 0 Å². The molecule has 0 aromatic heterocycles. The molecule has 0 aliphatic carbocycles. The van der Waals surface area contributed by atoms with Crippen molar-refractivity contribution in [3.05, 3.63) is 20.8 Å². The maximum atomic E-state index is 3.60. The maximum absolute atomic E-state index is 3.60. The van der Waals surface area contributed by atoms with E-state index in [1.165, 1.54) is 19.3 Å². The van der Waals surface area contributed by atoms with E-state index in [-0.39, 0.29) is 26.2 Å². The van der Waals surface area contributed by atoms with Crippen LogP contribution in [0.2, 0.25) is 0 Å². The van der Waals surface area contributed by atoms with E-state index in [0.29, 0.717) is 0 Å². The molecule has 0 N–H and O–H groups in total. The predicted octanol–water partition coefficient (Wildman–Crippen LogP) is 4.86. The Kier molecular flexibility index (Phi) is 69.7. The molecule has 0 saturated carbocycles. The van der Waals surface area contributed by atoms with E-state index in [9.17, 15) is 0 Å². The van der Waals surface area contributed by atoms with Gasteiger partial charge in [-0.25, -0.2) is 0 Å². The van der Waals surface area contributed by atoms with Crippen molar-refractivity contribution in [2.24, 2.45) is 0 Å². The van der Waals surface area contributed by atoms with E-state index in [1.54, 1.807) is 0 Å². The summed E-state index contributed by atoms with van der Waals surface area (Å²) >= 11 is 0. The first-order valence-corrected chi connectivity index (χ1v) is 5.12. The van der Waals surface area contributed by atoms with Crippen molar-refractivity contribution >= 4 is 0 Å². The van der Waals surface area contributed by atoms with E-state index in [4.69, 9.17) is 0 Å². The molecule has 0 saturated heterocycles. The normalized spacial score (nSPS) is 6.92. The van der Waals surface area contributed by atoms with Crippen LogP contribution in [0.25, 0.3) is 0 Å². The Morgan fingerprint density at radius 3 is 0.692 bits per heavy atom. The second kappa shape index (κ2) is 38.4. The van der Waals surface area contributed by atoms with Crippen molar-refractivity contribution in [1.29, 1.82) is 0 Å².